The molecule has 0 saturated carbocycles. The van der Waals surface area contributed by atoms with Crippen molar-refractivity contribution in [1.29, 1.82) is 0 Å². The SMILES string of the molecule is C=C1CSC(C2=Nc3ccnnc3C2)C(=O)N1. The number of rotatable bonds is 1. The van der Waals surface area contributed by atoms with Crippen LogP contribution in [0.15, 0.2) is 29.5 Å². The van der Waals surface area contributed by atoms with Crippen LogP contribution in [0.5, 0.6) is 0 Å². The fourth-order valence-corrected chi connectivity index (χ4v) is 2.86. The van der Waals surface area contributed by atoms with Crippen molar-refractivity contribution in [2.45, 2.75) is 11.7 Å². The van der Waals surface area contributed by atoms with Gasteiger partial charge in [-0.3, -0.25) is 9.79 Å². The van der Waals surface area contributed by atoms with E-state index in [2.05, 4.69) is 27.1 Å². The van der Waals surface area contributed by atoms with E-state index in [1.165, 1.54) is 0 Å². The fourth-order valence-electron chi connectivity index (χ4n) is 1.88. The summed E-state index contributed by atoms with van der Waals surface area (Å²) in [5.74, 6) is 0.697. The van der Waals surface area contributed by atoms with Gasteiger partial charge in [-0.25, -0.2) is 0 Å². The lowest BCUT2D eigenvalue weighted by atomic mass is 10.1. The number of nitrogens with zero attached hydrogens (tertiary/aromatic N) is 3. The molecule has 1 N–H and O–H groups in total. The molecule has 0 aliphatic carbocycles. The number of thioether (sulfide) groups is 1. The second-order valence-corrected chi connectivity index (χ2v) is 5.02. The minimum absolute atomic E-state index is 0.0363. The Morgan fingerprint density at radius 3 is 3.18 bits per heavy atom. The average molecular weight is 246 g/mol. The van der Waals surface area contributed by atoms with Gasteiger partial charge in [0.05, 0.1) is 17.6 Å². The Kier molecular flexibility index (Phi) is 2.44. The van der Waals surface area contributed by atoms with Gasteiger partial charge in [-0.2, -0.15) is 10.2 Å². The Morgan fingerprint density at radius 2 is 2.41 bits per heavy atom. The van der Waals surface area contributed by atoms with Crippen molar-refractivity contribution in [2.24, 2.45) is 4.99 Å². The molecule has 1 saturated heterocycles. The zero-order valence-electron chi connectivity index (χ0n) is 9.01. The largest absolute Gasteiger partial charge is 0.328 e. The second-order valence-electron chi connectivity index (χ2n) is 3.93. The maximum Gasteiger partial charge on any atom is 0.243 e. The van der Waals surface area contributed by atoms with Crippen LogP contribution in [0.25, 0.3) is 0 Å². The minimum atomic E-state index is -0.227. The lowest BCUT2D eigenvalue weighted by Crippen LogP contribution is -2.42. The summed E-state index contributed by atoms with van der Waals surface area (Å²) in [5.41, 5.74) is 3.29. The average Bonchev–Trinajstić information content (AvgIpc) is 2.72. The zero-order chi connectivity index (χ0) is 11.8. The van der Waals surface area contributed by atoms with Gasteiger partial charge in [0.25, 0.3) is 0 Å². The second kappa shape index (κ2) is 3.96. The smallest absolute Gasteiger partial charge is 0.243 e. The van der Waals surface area contributed by atoms with Crippen LogP contribution in [0.2, 0.25) is 0 Å². The van der Waals surface area contributed by atoms with Crippen molar-refractivity contribution in [3.63, 3.8) is 0 Å². The van der Waals surface area contributed by atoms with Crippen molar-refractivity contribution >= 4 is 29.1 Å². The van der Waals surface area contributed by atoms with Gasteiger partial charge in [-0.05, 0) is 6.07 Å². The van der Waals surface area contributed by atoms with Crippen LogP contribution in [0, 0.1) is 0 Å². The monoisotopic (exact) mass is 246 g/mol. The van der Waals surface area contributed by atoms with E-state index in [-0.39, 0.29) is 11.2 Å². The van der Waals surface area contributed by atoms with Gasteiger partial charge >= 0.3 is 0 Å². The van der Waals surface area contributed by atoms with Crippen LogP contribution in [0.3, 0.4) is 0 Å². The first-order valence-electron chi connectivity index (χ1n) is 5.22. The van der Waals surface area contributed by atoms with Crippen molar-refractivity contribution in [3.05, 3.63) is 30.2 Å². The van der Waals surface area contributed by atoms with E-state index in [0.29, 0.717) is 6.42 Å². The molecule has 5 nitrogen and oxygen atoms in total. The predicted molar refractivity (Wildman–Crippen MR) is 66.4 cm³/mol. The predicted octanol–water partition coefficient (Wildman–Crippen LogP) is 0.850. The normalized spacial score (nSPS) is 23.1. The molecule has 0 spiro atoms. The number of fused-ring (bicyclic) bond motifs is 1. The highest BCUT2D eigenvalue weighted by atomic mass is 32.2. The molecule has 3 heterocycles. The minimum Gasteiger partial charge on any atom is -0.328 e. The van der Waals surface area contributed by atoms with Crippen LogP contribution in [0.4, 0.5) is 5.69 Å². The van der Waals surface area contributed by atoms with Gasteiger partial charge in [-0.15, -0.1) is 11.8 Å². The number of nitrogens with one attached hydrogen (secondary N) is 1. The van der Waals surface area contributed by atoms with Gasteiger partial charge in [0.2, 0.25) is 5.91 Å². The zero-order valence-corrected chi connectivity index (χ0v) is 9.83. The van der Waals surface area contributed by atoms with Crippen molar-refractivity contribution < 1.29 is 4.79 Å². The van der Waals surface area contributed by atoms with Crippen LogP contribution in [-0.2, 0) is 11.2 Å². The molecule has 0 aromatic carbocycles. The number of amides is 1. The summed E-state index contributed by atoms with van der Waals surface area (Å²) in [7, 11) is 0. The van der Waals surface area contributed by atoms with Gasteiger partial charge in [0, 0.05) is 23.6 Å². The summed E-state index contributed by atoms with van der Waals surface area (Å²) in [4.78, 5) is 16.3. The molecular weight excluding hydrogens is 236 g/mol. The van der Waals surface area contributed by atoms with Crippen molar-refractivity contribution in [1.82, 2.24) is 15.5 Å². The van der Waals surface area contributed by atoms with E-state index in [0.717, 1.165) is 28.5 Å². The Labute approximate surface area is 102 Å². The molecule has 0 bridgehead atoms. The number of hydrogen-bond acceptors (Lipinski definition) is 5. The Bertz CT molecular complexity index is 540. The summed E-state index contributed by atoms with van der Waals surface area (Å²) < 4.78 is 0. The summed E-state index contributed by atoms with van der Waals surface area (Å²) >= 11 is 1.56. The molecular formula is C11H10N4OS. The molecule has 1 aromatic rings. The van der Waals surface area contributed by atoms with Crippen LogP contribution in [0.1, 0.15) is 5.69 Å². The topological polar surface area (TPSA) is 67.2 Å². The van der Waals surface area contributed by atoms with E-state index in [9.17, 15) is 4.79 Å². The summed E-state index contributed by atoms with van der Waals surface area (Å²) in [6.45, 7) is 3.75. The van der Waals surface area contributed by atoms with Crippen molar-refractivity contribution in [2.75, 3.05) is 5.75 Å². The van der Waals surface area contributed by atoms with Crippen LogP contribution < -0.4 is 5.32 Å². The molecule has 1 fully saturated rings. The number of aromatic nitrogens is 2. The first-order chi connectivity index (χ1) is 8.24. The highest BCUT2D eigenvalue weighted by molar-refractivity contribution is 8.01. The Morgan fingerprint density at radius 1 is 1.53 bits per heavy atom. The number of carbonyl (C=O) groups excluding carboxylic acids is 1. The highest BCUT2D eigenvalue weighted by Crippen LogP contribution is 2.30. The molecule has 1 atom stereocenters. The van der Waals surface area contributed by atoms with E-state index in [1.54, 1.807) is 18.0 Å². The van der Waals surface area contributed by atoms with Crippen LogP contribution in [-0.4, -0.2) is 32.8 Å². The standard InChI is InChI=1S/C11H10N4OS/c1-6-5-17-10(11(16)13-6)9-4-8-7(14-9)2-3-12-15-8/h2-3,10H,1,4-5H2,(H,13,16). The highest BCUT2D eigenvalue weighted by Gasteiger charge is 2.32. The van der Waals surface area contributed by atoms with E-state index >= 15 is 0 Å². The molecule has 0 radical (unpaired) electrons. The molecule has 2 aliphatic rings. The van der Waals surface area contributed by atoms with Crippen LogP contribution >= 0.6 is 11.8 Å². The number of hydrogen-bond donors (Lipinski definition) is 1. The van der Waals surface area contributed by atoms with Gasteiger partial charge in [0.1, 0.15) is 5.25 Å². The molecule has 86 valence electrons. The number of aliphatic imine (C=N–C) groups is 1. The third-order valence-corrected chi connectivity index (χ3v) is 3.99. The summed E-state index contributed by atoms with van der Waals surface area (Å²) in [6.07, 6.45) is 2.22. The van der Waals surface area contributed by atoms with Crippen molar-refractivity contribution in [3.8, 4) is 0 Å². The quantitative estimate of drug-likeness (QED) is 0.797. The van der Waals surface area contributed by atoms with Gasteiger partial charge in [0.15, 0.2) is 0 Å². The van der Waals surface area contributed by atoms with E-state index in [4.69, 9.17) is 0 Å². The summed E-state index contributed by atoms with van der Waals surface area (Å²) in [6, 6.07) is 1.82. The molecule has 6 heteroatoms. The lowest BCUT2D eigenvalue weighted by Gasteiger charge is -2.22. The van der Waals surface area contributed by atoms with Gasteiger partial charge in [-0.1, -0.05) is 6.58 Å². The Balaban J connectivity index is 1.84. The summed E-state index contributed by atoms with van der Waals surface area (Å²) in [5, 5.41) is 10.4. The molecule has 2 aliphatic heterocycles. The molecule has 3 rings (SSSR count). The maximum atomic E-state index is 11.8. The first kappa shape index (κ1) is 10.5. The molecule has 17 heavy (non-hydrogen) atoms. The molecule has 1 unspecified atom stereocenters. The molecule has 1 amide bonds. The number of carbonyl (C=O) groups is 1. The lowest BCUT2D eigenvalue weighted by molar-refractivity contribution is -0.118. The third kappa shape index (κ3) is 1.84. The fraction of sp³-hybridized carbons (Fsp3) is 0.273. The maximum absolute atomic E-state index is 11.8. The van der Waals surface area contributed by atoms with E-state index < -0.39 is 0 Å². The third-order valence-electron chi connectivity index (χ3n) is 2.65. The Hall–Kier alpha value is -1.69. The van der Waals surface area contributed by atoms with E-state index in [1.807, 2.05) is 6.07 Å². The first-order valence-corrected chi connectivity index (χ1v) is 6.27. The van der Waals surface area contributed by atoms with Gasteiger partial charge < -0.3 is 5.32 Å². The molecule has 1 aromatic heterocycles.